The standard InChI is InChI=1S/C38H22N6O6/c45-33(41-31-11-1-3-17-39-31)21-13-15-25-27(19-21)37(49)43(35(25)47)29-9-5-8-24-23(29)7-6-10-30(24)44-36(48)26-16-14-22(20-28(26)38(44)50)34(46)42-32-12-2-4-18-40-32/h1-20H,(H,39,41,45)(H,40,42,46). The Balaban J connectivity index is 1.10. The second-order valence-corrected chi connectivity index (χ2v) is 11.4. The quantitative estimate of drug-likeness (QED) is 0.215. The van der Waals surface area contributed by atoms with E-state index in [1.807, 2.05) is 0 Å². The van der Waals surface area contributed by atoms with Gasteiger partial charge in [0.1, 0.15) is 11.6 Å². The van der Waals surface area contributed by atoms with Crippen LogP contribution in [0.4, 0.5) is 23.0 Å². The molecular formula is C38H22N6O6. The van der Waals surface area contributed by atoms with E-state index in [2.05, 4.69) is 20.6 Å². The van der Waals surface area contributed by atoms with Crippen molar-refractivity contribution in [2.45, 2.75) is 0 Å². The van der Waals surface area contributed by atoms with Gasteiger partial charge < -0.3 is 10.6 Å². The van der Waals surface area contributed by atoms with E-state index in [1.54, 1.807) is 72.8 Å². The zero-order chi connectivity index (χ0) is 34.5. The average molecular weight is 659 g/mol. The molecule has 50 heavy (non-hydrogen) atoms. The van der Waals surface area contributed by atoms with Crippen molar-refractivity contribution in [3.05, 3.63) is 155 Å². The molecule has 0 saturated carbocycles. The van der Waals surface area contributed by atoms with E-state index in [1.165, 1.54) is 48.8 Å². The van der Waals surface area contributed by atoms with E-state index in [9.17, 15) is 28.8 Å². The zero-order valence-electron chi connectivity index (χ0n) is 25.8. The molecule has 0 fully saturated rings. The summed E-state index contributed by atoms with van der Waals surface area (Å²) in [7, 11) is 0. The molecule has 2 aliphatic rings. The van der Waals surface area contributed by atoms with Crippen LogP contribution < -0.4 is 20.4 Å². The highest BCUT2D eigenvalue weighted by Crippen LogP contribution is 2.39. The third-order valence-corrected chi connectivity index (χ3v) is 8.47. The molecule has 2 aliphatic heterocycles. The van der Waals surface area contributed by atoms with Gasteiger partial charge in [-0.25, -0.2) is 19.8 Å². The summed E-state index contributed by atoms with van der Waals surface area (Å²) in [5, 5.41) is 6.19. The van der Waals surface area contributed by atoms with Gasteiger partial charge in [-0.1, -0.05) is 36.4 Å². The van der Waals surface area contributed by atoms with Crippen LogP contribution in [0, 0.1) is 0 Å². The Morgan fingerprint density at radius 3 is 1.28 bits per heavy atom. The van der Waals surface area contributed by atoms with Crippen LogP contribution in [0.15, 0.2) is 122 Å². The van der Waals surface area contributed by atoms with E-state index in [0.29, 0.717) is 22.4 Å². The van der Waals surface area contributed by atoms with Crippen molar-refractivity contribution in [2.24, 2.45) is 0 Å². The van der Waals surface area contributed by atoms with Crippen LogP contribution in [-0.2, 0) is 0 Å². The van der Waals surface area contributed by atoms with Crippen molar-refractivity contribution in [3.63, 3.8) is 0 Å². The average Bonchev–Trinajstić information content (AvgIpc) is 3.54. The number of carbonyl (C=O) groups is 6. The largest absolute Gasteiger partial charge is 0.307 e. The summed E-state index contributed by atoms with van der Waals surface area (Å²) in [5.41, 5.74) is 1.17. The Labute approximate surface area is 283 Å². The van der Waals surface area contributed by atoms with Gasteiger partial charge in [-0.3, -0.25) is 28.8 Å². The number of hydrogen-bond acceptors (Lipinski definition) is 8. The van der Waals surface area contributed by atoms with Gasteiger partial charge in [0.25, 0.3) is 35.4 Å². The van der Waals surface area contributed by atoms with Gasteiger partial charge in [0.2, 0.25) is 0 Å². The van der Waals surface area contributed by atoms with Gasteiger partial charge >= 0.3 is 0 Å². The summed E-state index contributed by atoms with van der Waals surface area (Å²) >= 11 is 0. The van der Waals surface area contributed by atoms with Gasteiger partial charge in [-0.05, 0) is 72.8 Å². The molecule has 0 radical (unpaired) electrons. The Morgan fingerprint density at radius 2 is 0.880 bits per heavy atom. The number of aromatic nitrogens is 2. The molecule has 2 aromatic heterocycles. The molecule has 8 rings (SSSR count). The first-order chi connectivity index (χ1) is 24.3. The minimum Gasteiger partial charge on any atom is -0.307 e. The Morgan fingerprint density at radius 1 is 0.460 bits per heavy atom. The normalized spacial score (nSPS) is 13.4. The predicted molar refractivity (Wildman–Crippen MR) is 183 cm³/mol. The highest BCUT2D eigenvalue weighted by molar-refractivity contribution is 6.38. The Kier molecular flexibility index (Phi) is 7.04. The molecule has 2 N–H and O–H groups in total. The van der Waals surface area contributed by atoms with Crippen LogP contribution in [0.3, 0.4) is 0 Å². The van der Waals surface area contributed by atoms with Crippen LogP contribution in [0.5, 0.6) is 0 Å². The smallest absolute Gasteiger partial charge is 0.266 e. The SMILES string of the molecule is O=C(Nc1ccccn1)c1ccc2c(c1)C(=O)N(c1cccc3c(N4C(=O)c5ccc(C(=O)Nc6ccccn6)cc5C4=O)cccc13)C2=O. The number of hydrogen-bond donors (Lipinski definition) is 2. The lowest BCUT2D eigenvalue weighted by atomic mass is 10.0. The number of carbonyl (C=O) groups excluding carboxylic acids is 6. The first-order valence-corrected chi connectivity index (χ1v) is 15.3. The van der Waals surface area contributed by atoms with E-state index >= 15 is 0 Å². The summed E-state index contributed by atoms with van der Waals surface area (Å²) in [6.45, 7) is 0. The molecule has 0 aliphatic carbocycles. The number of nitrogens with one attached hydrogen (secondary N) is 2. The van der Waals surface area contributed by atoms with Crippen molar-refractivity contribution in [2.75, 3.05) is 20.4 Å². The van der Waals surface area contributed by atoms with Gasteiger partial charge in [0.15, 0.2) is 0 Å². The lowest BCUT2D eigenvalue weighted by molar-refractivity contribution is 0.0910. The zero-order valence-corrected chi connectivity index (χ0v) is 25.8. The fourth-order valence-corrected chi connectivity index (χ4v) is 6.12. The third-order valence-electron chi connectivity index (χ3n) is 8.47. The molecule has 0 unspecified atom stereocenters. The maximum Gasteiger partial charge on any atom is 0.266 e. The Bertz CT molecular complexity index is 2290. The second kappa shape index (κ2) is 11.7. The summed E-state index contributed by atoms with van der Waals surface area (Å²) < 4.78 is 0. The highest BCUT2D eigenvalue weighted by atomic mass is 16.2. The molecule has 12 heteroatoms. The van der Waals surface area contributed by atoms with E-state index in [0.717, 1.165) is 9.80 Å². The second-order valence-electron chi connectivity index (χ2n) is 11.4. The number of fused-ring (bicyclic) bond motifs is 3. The molecule has 4 heterocycles. The Hall–Kier alpha value is -7.34. The van der Waals surface area contributed by atoms with E-state index in [4.69, 9.17) is 0 Å². The van der Waals surface area contributed by atoms with Crippen LogP contribution in [0.2, 0.25) is 0 Å². The summed E-state index contributed by atoms with van der Waals surface area (Å²) in [5.74, 6) is -2.77. The predicted octanol–water partition coefficient (Wildman–Crippen LogP) is 5.74. The van der Waals surface area contributed by atoms with Crippen LogP contribution >= 0.6 is 0 Å². The summed E-state index contributed by atoms with van der Waals surface area (Å²) in [4.78, 5) is 90.9. The molecule has 0 saturated heterocycles. The van der Waals surface area contributed by atoms with Crippen molar-refractivity contribution >= 4 is 69.2 Å². The van der Waals surface area contributed by atoms with Crippen molar-refractivity contribution < 1.29 is 28.8 Å². The van der Waals surface area contributed by atoms with Crippen LogP contribution in [-0.4, -0.2) is 45.4 Å². The van der Waals surface area contributed by atoms with Gasteiger partial charge in [-0.15, -0.1) is 0 Å². The number of benzene rings is 4. The molecular weight excluding hydrogens is 636 g/mol. The van der Waals surface area contributed by atoms with E-state index in [-0.39, 0.29) is 44.8 Å². The van der Waals surface area contributed by atoms with Crippen molar-refractivity contribution in [1.82, 2.24) is 9.97 Å². The molecule has 240 valence electrons. The molecule has 6 aromatic rings. The maximum atomic E-state index is 13.8. The van der Waals surface area contributed by atoms with Crippen molar-refractivity contribution in [3.8, 4) is 0 Å². The lowest BCUT2D eigenvalue weighted by Crippen LogP contribution is -2.30. The molecule has 6 amide bonds. The molecule has 0 spiro atoms. The molecule has 12 nitrogen and oxygen atoms in total. The summed E-state index contributed by atoms with van der Waals surface area (Å²) in [6.07, 6.45) is 3.06. The topological polar surface area (TPSA) is 159 Å². The number of imide groups is 2. The lowest BCUT2D eigenvalue weighted by Gasteiger charge is -2.20. The minimum absolute atomic E-state index is 0.0556. The fourth-order valence-electron chi connectivity index (χ4n) is 6.12. The molecule has 4 aromatic carbocycles. The maximum absolute atomic E-state index is 13.8. The first kappa shape index (κ1) is 30.0. The van der Waals surface area contributed by atoms with Gasteiger partial charge in [0, 0.05) is 34.3 Å². The monoisotopic (exact) mass is 658 g/mol. The van der Waals surface area contributed by atoms with E-state index < -0.39 is 35.4 Å². The van der Waals surface area contributed by atoms with Crippen LogP contribution in [0.1, 0.15) is 62.1 Å². The van der Waals surface area contributed by atoms with Gasteiger partial charge in [-0.2, -0.15) is 0 Å². The fraction of sp³-hybridized carbons (Fsp3) is 0. The number of amides is 6. The minimum atomic E-state index is -0.632. The highest BCUT2D eigenvalue weighted by Gasteiger charge is 2.40. The first-order valence-electron chi connectivity index (χ1n) is 15.3. The number of nitrogens with zero attached hydrogens (tertiary/aromatic N) is 4. The van der Waals surface area contributed by atoms with Crippen molar-refractivity contribution in [1.29, 1.82) is 0 Å². The van der Waals surface area contributed by atoms with Crippen LogP contribution in [0.25, 0.3) is 10.8 Å². The number of rotatable bonds is 6. The molecule has 0 bridgehead atoms. The summed E-state index contributed by atoms with van der Waals surface area (Å²) in [6, 6.07) is 28.4. The van der Waals surface area contributed by atoms with Gasteiger partial charge in [0.05, 0.1) is 33.6 Å². The number of pyridine rings is 2. The molecule has 0 atom stereocenters. The third kappa shape index (κ3) is 4.86. The number of anilines is 4.